The Morgan fingerprint density at radius 2 is 1.75 bits per heavy atom. The molecule has 0 unspecified atom stereocenters. The number of hydrogen-bond acceptors (Lipinski definition) is 12. The molecule has 16 heteroatoms. The van der Waals surface area contributed by atoms with Crippen LogP contribution in [0.15, 0.2) is 30.5 Å². The molecule has 0 aliphatic carbocycles. The first-order valence-corrected chi connectivity index (χ1v) is 25.1. The van der Waals surface area contributed by atoms with E-state index in [9.17, 15) is 14.3 Å². The van der Waals surface area contributed by atoms with E-state index < -0.39 is 37.4 Å². The number of halogens is 3. The van der Waals surface area contributed by atoms with Crippen molar-refractivity contribution >= 4 is 41.5 Å². The number of carbonyl (C=O) groups is 1. The minimum Gasteiger partial charge on any atom is -0.467 e. The van der Waals surface area contributed by atoms with Gasteiger partial charge in [0, 0.05) is 55.3 Å². The average molecular weight is 903 g/mol. The Hall–Kier alpha value is -4.53. The van der Waals surface area contributed by atoms with E-state index in [-0.39, 0.29) is 96.1 Å². The number of piperazine rings is 1. The Morgan fingerprint density at radius 1 is 1.02 bits per heavy atom. The standard InChI is InChI=1S/C48H61F3N6O6Si/c1-8-61-41(59)25-60-28-63-36-18-32-10-13-40(50)37(14-17-64(29(2)3,30(4)5)31(6)7)42(32)38(19-36)44-43(51)45-39(21-52-44)46(55-23-34-11-12-35(24-55)57(34)27-58)54-47(53-45)62-26-48-15-9-16-56(48)22-33(49)20-48/h10,13,18-19,21,29-31,33-35,58H,8-9,11-12,15-16,20,22-28H2,1-7H3/t33-,34-,35+,48+/m1/s1. The number of carbonyl (C=O) groups excluding carboxylic acids is 1. The molecule has 8 rings (SSSR count). The number of esters is 1. The van der Waals surface area contributed by atoms with Gasteiger partial charge in [-0.05, 0) is 79.4 Å². The van der Waals surface area contributed by atoms with Gasteiger partial charge in [0.15, 0.2) is 12.6 Å². The summed E-state index contributed by atoms with van der Waals surface area (Å²) in [6, 6.07) is 6.38. The first-order valence-electron chi connectivity index (χ1n) is 22.8. The van der Waals surface area contributed by atoms with E-state index in [1.54, 1.807) is 31.3 Å². The van der Waals surface area contributed by atoms with Crippen LogP contribution in [0.5, 0.6) is 11.8 Å². The molecular formula is C48H61F3N6O6Si. The van der Waals surface area contributed by atoms with Crippen LogP contribution in [0.25, 0.3) is 32.9 Å². The van der Waals surface area contributed by atoms with Crippen LogP contribution in [0.2, 0.25) is 16.6 Å². The number of aliphatic hydroxyl groups excluding tert-OH is 1. The summed E-state index contributed by atoms with van der Waals surface area (Å²) in [6.07, 6.45) is 4.46. The summed E-state index contributed by atoms with van der Waals surface area (Å²) < 4.78 is 71.9. The van der Waals surface area contributed by atoms with Gasteiger partial charge in [0.25, 0.3) is 0 Å². The highest BCUT2D eigenvalue weighted by molar-refractivity contribution is 6.90. The Morgan fingerprint density at radius 3 is 2.44 bits per heavy atom. The molecule has 1 N–H and O–H groups in total. The van der Waals surface area contributed by atoms with Gasteiger partial charge in [-0.25, -0.2) is 18.0 Å². The molecule has 4 aliphatic rings. The maximum Gasteiger partial charge on any atom is 0.332 e. The molecule has 0 saturated carbocycles. The number of ether oxygens (including phenoxy) is 4. The highest BCUT2D eigenvalue weighted by atomic mass is 28.3. The number of anilines is 1. The Kier molecular flexibility index (Phi) is 13.5. The molecule has 2 aromatic carbocycles. The molecule has 4 fully saturated rings. The number of aliphatic hydroxyl groups is 1. The quantitative estimate of drug-likeness (QED) is 0.0407. The van der Waals surface area contributed by atoms with Gasteiger partial charge in [0.05, 0.1) is 29.8 Å². The summed E-state index contributed by atoms with van der Waals surface area (Å²) in [5.41, 5.74) is 4.21. The topological polar surface area (TPSA) is 123 Å². The van der Waals surface area contributed by atoms with Crippen molar-refractivity contribution in [3.05, 3.63) is 47.7 Å². The van der Waals surface area contributed by atoms with Crippen molar-refractivity contribution in [1.29, 1.82) is 0 Å². The van der Waals surface area contributed by atoms with Crippen molar-refractivity contribution in [2.75, 3.05) is 64.4 Å². The number of pyridine rings is 1. The number of aromatic nitrogens is 3. The normalized spacial score (nSPS) is 22.5. The maximum absolute atomic E-state index is 17.9. The van der Waals surface area contributed by atoms with Crippen LogP contribution >= 0.6 is 0 Å². The fourth-order valence-electron chi connectivity index (χ4n) is 11.4. The second kappa shape index (κ2) is 18.8. The second-order valence-corrected chi connectivity index (χ2v) is 24.5. The van der Waals surface area contributed by atoms with Gasteiger partial charge in [-0.1, -0.05) is 53.5 Å². The smallest absolute Gasteiger partial charge is 0.332 e. The van der Waals surface area contributed by atoms with E-state index in [1.165, 1.54) is 6.07 Å². The molecule has 6 heterocycles. The summed E-state index contributed by atoms with van der Waals surface area (Å²) >= 11 is 0. The zero-order valence-corrected chi connectivity index (χ0v) is 39.1. The summed E-state index contributed by atoms with van der Waals surface area (Å²) in [5.74, 6) is 2.17. The van der Waals surface area contributed by atoms with Gasteiger partial charge in [-0.15, -0.1) is 5.54 Å². The van der Waals surface area contributed by atoms with Crippen LogP contribution in [-0.2, 0) is 14.3 Å². The average Bonchev–Trinajstić information content (AvgIpc) is 3.87. The van der Waals surface area contributed by atoms with Crippen LogP contribution in [0.1, 0.15) is 86.1 Å². The van der Waals surface area contributed by atoms with Crippen LogP contribution in [0.3, 0.4) is 0 Å². The van der Waals surface area contributed by atoms with Gasteiger partial charge in [-0.2, -0.15) is 9.97 Å². The van der Waals surface area contributed by atoms with Crippen LogP contribution in [0.4, 0.5) is 19.0 Å². The molecule has 12 nitrogen and oxygen atoms in total. The first-order chi connectivity index (χ1) is 30.7. The molecule has 344 valence electrons. The van der Waals surface area contributed by atoms with Crippen molar-refractivity contribution in [3.8, 4) is 34.5 Å². The number of nitrogens with zero attached hydrogens (tertiary/aromatic N) is 6. The predicted molar refractivity (Wildman–Crippen MR) is 243 cm³/mol. The lowest BCUT2D eigenvalue weighted by molar-refractivity contribution is -0.151. The molecule has 0 spiro atoms. The molecule has 0 radical (unpaired) electrons. The molecular weight excluding hydrogens is 842 g/mol. The molecule has 2 aromatic heterocycles. The Balaban J connectivity index is 1.28. The maximum atomic E-state index is 17.9. The van der Waals surface area contributed by atoms with E-state index in [0.717, 1.165) is 32.2 Å². The molecule has 4 aromatic rings. The third kappa shape index (κ3) is 8.54. The number of fused-ring (bicyclic) bond motifs is 5. The third-order valence-electron chi connectivity index (χ3n) is 14.4. The number of hydrogen-bond donors (Lipinski definition) is 1. The van der Waals surface area contributed by atoms with Gasteiger partial charge < -0.3 is 29.0 Å². The molecule has 4 aliphatic heterocycles. The summed E-state index contributed by atoms with van der Waals surface area (Å²) in [4.78, 5) is 32.7. The summed E-state index contributed by atoms with van der Waals surface area (Å²) in [5, 5.41) is 11.4. The van der Waals surface area contributed by atoms with Crippen molar-refractivity contribution in [2.24, 2.45) is 0 Å². The summed E-state index contributed by atoms with van der Waals surface area (Å²) in [6.45, 7) is 16.7. The Bertz CT molecular complexity index is 2410. The number of alkyl halides is 1. The molecule has 2 bridgehead atoms. The largest absolute Gasteiger partial charge is 0.467 e. The Labute approximate surface area is 374 Å². The van der Waals surface area contributed by atoms with Gasteiger partial charge in [-0.3, -0.25) is 14.8 Å². The van der Waals surface area contributed by atoms with Crippen molar-refractivity contribution in [1.82, 2.24) is 24.8 Å². The van der Waals surface area contributed by atoms with Gasteiger partial charge in [0.1, 0.15) is 56.1 Å². The lowest BCUT2D eigenvalue weighted by atomic mass is 9.95. The zero-order valence-electron chi connectivity index (χ0n) is 38.1. The molecule has 0 amide bonds. The van der Waals surface area contributed by atoms with Gasteiger partial charge in [0.2, 0.25) is 0 Å². The van der Waals surface area contributed by atoms with E-state index in [1.807, 2.05) is 0 Å². The van der Waals surface area contributed by atoms with Crippen LogP contribution in [0, 0.1) is 23.1 Å². The van der Waals surface area contributed by atoms with Crippen molar-refractivity contribution in [3.63, 3.8) is 0 Å². The van der Waals surface area contributed by atoms with Crippen LogP contribution < -0.4 is 14.4 Å². The van der Waals surface area contributed by atoms with Crippen molar-refractivity contribution < 1.29 is 42.0 Å². The highest BCUT2D eigenvalue weighted by Gasteiger charge is 2.50. The lowest BCUT2D eigenvalue weighted by Gasteiger charge is -2.40. The number of benzene rings is 2. The molecule has 4 saturated heterocycles. The SMILES string of the molecule is CCOC(=O)COCOc1cc(-c2ncc3c(N4C[C@H]5CC[C@@H](C4)N5CO)nc(OC[C@@]45CCCN4C[C@H](F)C5)nc3c2F)c2c(C#C[Si](C(C)C)(C(C)C)C(C)C)c(F)ccc2c1. The number of rotatable bonds is 15. The fourth-order valence-corrected chi connectivity index (χ4v) is 16.6. The minimum absolute atomic E-state index is 0.0327. The van der Waals surface area contributed by atoms with E-state index in [2.05, 4.69) is 67.7 Å². The second-order valence-electron chi connectivity index (χ2n) is 18.9. The molecule has 64 heavy (non-hydrogen) atoms. The predicted octanol–water partition coefficient (Wildman–Crippen LogP) is 8.17. The fraction of sp³-hybridized carbons (Fsp3) is 0.583. The van der Waals surface area contributed by atoms with E-state index >= 15 is 8.78 Å². The van der Waals surface area contributed by atoms with E-state index in [4.69, 9.17) is 33.9 Å². The minimum atomic E-state index is -2.36. The van der Waals surface area contributed by atoms with Gasteiger partial charge >= 0.3 is 12.0 Å². The lowest BCUT2D eigenvalue weighted by Crippen LogP contribution is -2.54. The zero-order chi connectivity index (χ0) is 45.5. The van der Waals surface area contributed by atoms with Crippen LogP contribution in [-0.4, -0.2) is 127 Å². The summed E-state index contributed by atoms with van der Waals surface area (Å²) in [7, 11) is -2.36. The van der Waals surface area contributed by atoms with E-state index in [0.29, 0.717) is 48.0 Å². The molecule has 4 atom stereocenters. The monoisotopic (exact) mass is 902 g/mol. The third-order valence-corrected chi connectivity index (χ3v) is 20.7. The highest BCUT2D eigenvalue weighted by Crippen LogP contribution is 2.44. The van der Waals surface area contributed by atoms with Crippen molar-refractivity contribution in [2.45, 2.75) is 121 Å². The first kappa shape index (κ1) is 46.0.